The van der Waals surface area contributed by atoms with E-state index in [1.807, 2.05) is 0 Å². The summed E-state index contributed by atoms with van der Waals surface area (Å²) in [5.74, 6) is -0.442. The normalized spacial score (nSPS) is 9.87. The van der Waals surface area contributed by atoms with Gasteiger partial charge < -0.3 is 14.8 Å². The largest absolute Gasteiger partial charge is 0.465 e. The van der Waals surface area contributed by atoms with Crippen molar-refractivity contribution in [1.29, 1.82) is 0 Å². The van der Waals surface area contributed by atoms with E-state index in [9.17, 15) is 9.59 Å². The van der Waals surface area contributed by atoms with Crippen LogP contribution in [0.2, 0.25) is 5.02 Å². The van der Waals surface area contributed by atoms with Gasteiger partial charge in [-0.15, -0.1) is 0 Å². The molecule has 0 aliphatic carbocycles. The Morgan fingerprint density at radius 2 is 1.61 bits per heavy atom. The number of esters is 1. The van der Waals surface area contributed by atoms with Gasteiger partial charge in [-0.05, 0) is 42.5 Å². The van der Waals surface area contributed by atoms with E-state index in [0.717, 1.165) is 5.69 Å². The van der Waals surface area contributed by atoms with Crippen LogP contribution in [-0.2, 0) is 9.47 Å². The van der Waals surface area contributed by atoms with Gasteiger partial charge in [-0.1, -0.05) is 11.6 Å². The highest BCUT2D eigenvalue weighted by molar-refractivity contribution is 6.33. The highest BCUT2D eigenvalue weighted by Crippen LogP contribution is 2.27. The van der Waals surface area contributed by atoms with Gasteiger partial charge in [-0.3, -0.25) is 5.32 Å². The monoisotopic (exact) mass is 334 g/mol. The molecule has 0 aromatic heterocycles. The number of benzene rings is 2. The van der Waals surface area contributed by atoms with Crippen molar-refractivity contribution >= 4 is 40.7 Å². The van der Waals surface area contributed by atoms with Crippen LogP contribution in [0, 0.1) is 0 Å². The number of amides is 1. The summed E-state index contributed by atoms with van der Waals surface area (Å²) >= 11 is 6.12. The summed E-state index contributed by atoms with van der Waals surface area (Å²) in [6, 6.07) is 11.7. The molecule has 2 N–H and O–H groups in total. The third-order valence-electron chi connectivity index (χ3n) is 2.98. The number of hydrogen-bond donors (Lipinski definition) is 2. The third-order valence-corrected chi connectivity index (χ3v) is 3.31. The van der Waals surface area contributed by atoms with Gasteiger partial charge in [0.1, 0.15) is 0 Å². The highest BCUT2D eigenvalue weighted by Gasteiger charge is 2.09. The van der Waals surface area contributed by atoms with E-state index in [1.54, 1.807) is 42.5 Å². The summed E-state index contributed by atoms with van der Waals surface area (Å²) in [6.07, 6.45) is -0.542. The number of hydrogen-bond acceptors (Lipinski definition) is 5. The fourth-order valence-corrected chi connectivity index (χ4v) is 1.99. The van der Waals surface area contributed by atoms with E-state index in [1.165, 1.54) is 14.2 Å². The molecule has 0 bridgehead atoms. The molecule has 0 heterocycles. The van der Waals surface area contributed by atoms with Crippen molar-refractivity contribution in [3.8, 4) is 0 Å². The summed E-state index contributed by atoms with van der Waals surface area (Å²) in [5.41, 5.74) is 2.30. The lowest BCUT2D eigenvalue weighted by molar-refractivity contribution is 0.0600. The molecular formula is C16H15ClN2O4. The molecule has 0 saturated carbocycles. The molecule has 1 amide bonds. The number of anilines is 3. The number of carbonyl (C=O) groups is 2. The Morgan fingerprint density at radius 3 is 2.22 bits per heavy atom. The van der Waals surface area contributed by atoms with Crippen LogP contribution in [0.1, 0.15) is 10.4 Å². The number of ether oxygens (including phenoxy) is 2. The van der Waals surface area contributed by atoms with Crippen molar-refractivity contribution in [2.24, 2.45) is 0 Å². The van der Waals surface area contributed by atoms with E-state index < -0.39 is 12.1 Å². The van der Waals surface area contributed by atoms with E-state index in [2.05, 4.69) is 20.1 Å². The van der Waals surface area contributed by atoms with Crippen LogP contribution in [0.25, 0.3) is 0 Å². The van der Waals surface area contributed by atoms with E-state index in [0.29, 0.717) is 22.0 Å². The number of halogens is 1. The molecule has 0 fully saturated rings. The van der Waals surface area contributed by atoms with Crippen LogP contribution < -0.4 is 10.6 Å². The Balaban J connectivity index is 2.15. The molecular weight excluding hydrogens is 320 g/mol. The average Bonchev–Trinajstić information content (AvgIpc) is 2.57. The topological polar surface area (TPSA) is 76.7 Å². The first-order valence-corrected chi connectivity index (χ1v) is 7.01. The lowest BCUT2D eigenvalue weighted by Crippen LogP contribution is -2.10. The van der Waals surface area contributed by atoms with Crippen molar-refractivity contribution in [3.63, 3.8) is 0 Å². The zero-order valence-electron chi connectivity index (χ0n) is 12.6. The van der Waals surface area contributed by atoms with E-state index >= 15 is 0 Å². The first-order valence-electron chi connectivity index (χ1n) is 6.63. The second-order valence-corrected chi connectivity index (χ2v) is 4.91. The Hall–Kier alpha value is -2.73. The molecule has 0 spiro atoms. The van der Waals surface area contributed by atoms with Crippen molar-refractivity contribution < 1.29 is 19.1 Å². The number of carbonyl (C=O) groups excluding carboxylic acids is 2. The maximum atomic E-state index is 11.6. The quantitative estimate of drug-likeness (QED) is 0.825. The van der Waals surface area contributed by atoms with E-state index in [4.69, 9.17) is 11.6 Å². The Kier molecular flexibility index (Phi) is 5.43. The molecule has 23 heavy (non-hydrogen) atoms. The number of nitrogens with one attached hydrogen (secondary N) is 2. The lowest BCUT2D eigenvalue weighted by Gasteiger charge is -2.11. The maximum Gasteiger partial charge on any atom is 0.411 e. The summed E-state index contributed by atoms with van der Waals surface area (Å²) < 4.78 is 9.20. The summed E-state index contributed by atoms with van der Waals surface area (Å²) in [6.45, 7) is 0. The van der Waals surface area contributed by atoms with Gasteiger partial charge in [0, 0.05) is 11.4 Å². The van der Waals surface area contributed by atoms with Gasteiger partial charge in [0.05, 0.1) is 30.5 Å². The molecule has 0 saturated heterocycles. The number of rotatable bonds is 4. The summed E-state index contributed by atoms with van der Waals surface area (Å²) in [5, 5.41) is 6.12. The molecule has 2 rings (SSSR count). The van der Waals surface area contributed by atoms with Crippen LogP contribution >= 0.6 is 11.6 Å². The first kappa shape index (κ1) is 16.6. The van der Waals surface area contributed by atoms with Gasteiger partial charge in [-0.25, -0.2) is 9.59 Å². The van der Waals surface area contributed by atoms with Crippen LogP contribution in [0.5, 0.6) is 0 Å². The first-order chi connectivity index (χ1) is 11.0. The standard InChI is InChI=1S/C16H15ClN2O4/c1-22-15(20)10-3-8-13(17)14(9-10)18-11-4-6-12(7-5-11)19-16(21)23-2/h3-9,18H,1-2H3,(H,19,21). The Morgan fingerprint density at radius 1 is 0.957 bits per heavy atom. The Bertz CT molecular complexity index is 717. The van der Waals surface area contributed by atoms with Crippen molar-refractivity contribution in [3.05, 3.63) is 53.1 Å². The zero-order chi connectivity index (χ0) is 16.8. The minimum absolute atomic E-state index is 0.392. The number of methoxy groups -OCH3 is 2. The molecule has 7 heteroatoms. The SMILES string of the molecule is COC(=O)Nc1ccc(Nc2cc(C(=O)OC)ccc2Cl)cc1. The molecule has 0 unspecified atom stereocenters. The van der Waals surface area contributed by atoms with Crippen LogP contribution in [0.15, 0.2) is 42.5 Å². The molecule has 2 aromatic carbocycles. The summed E-state index contributed by atoms with van der Waals surface area (Å²) in [7, 11) is 2.61. The van der Waals surface area contributed by atoms with Crippen LogP contribution in [0.4, 0.5) is 21.9 Å². The fraction of sp³-hybridized carbons (Fsp3) is 0.125. The van der Waals surface area contributed by atoms with Gasteiger partial charge in [-0.2, -0.15) is 0 Å². The predicted octanol–water partition coefficient (Wildman–Crippen LogP) is 4.05. The molecule has 0 atom stereocenters. The van der Waals surface area contributed by atoms with Gasteiger partial charge in [0.2, 0.25) is 0 Å². The smallest absolute Gasteiger partial charge is 0.411 e. The second-order valence-electron chi connectivity index (χ2n) is 4.51. The van der Waals surface area contributed by atoms with Gasteiger partial charge in [0.15, 0.2) is 0 Å². The lowest BCUT2D eigenvalue weighted by atomic mass is 10.2. The molecule has 0 radical (unpaired) electrons. The molecule has 2 aromatic rings. The van der Waals surface area contributed by atoms with Crippen LogP contribution in [0.3, 0.4) is 0 Å². The molecule has 0 aliphatic rings. The van der Waals surface area contributed by atoms with Gasteiger partial charge >= 0.3 is 12.1 Å². The minimum atomic E-state index is -0.542. The molecule has 0 aliphatic heterocycles. The van der Waals surface area contributed by atoms with Crippen LogP contribution in [-0.4, -0.2) is 26.3 Å². The predicted molar refractivity (Wildman–Crippen MR) is 88.5 cm³/mol. The van der Waals surface area contributed by atoms with Gasteiger partial charge in [0.25, 0.3) is 0 Å². The Labute approximate surface area is 138 Å². The van der Waals surface area contributed by atoms with Crippen molar-refractivity contribution in [2.75, 3.05) is 24.9 Å². The van der Waals surface area contributed by atoms with E-state index in [-0.39, 0.29) is 0 Å². The minimum Gasteiger partial charge on any atom is -0.465 e. The maximum absolute atomic E-state index is 11.6. The van der Waals surface area contributed by atoms with Crippen molar-refractivity contribution in [1.82, 2.24) is 0 Å². The zero-order valence-corrected chi connectivity index (χ0v) is 13.3. The third kappa shape index (κ3) is 4.37. The molecule has 6 nitrogen and oxygen atoms in total. The molecule has 120 valence electrons. The average molecular weight is 335 g/mol. The summed E-state index contributed by atoms with van der Waals surface area (Å²) in [4.78, 5) is 22.7. The second kappa shape index (κ2) is 7.51. The fourth-order valence-electron chi connectivity index (χ4n) is 1.83. The van der Waals surface area contributed by atoms with Crippen molar-refractivity contribution in [2.45, 2.75) is 0 Å². The highest BCUT2D eigenvalue weighted by atomic mass is 35.5.